The van der Waals surface area contributed by atoms with Gasteiger partial charge in [0, 0.05) is 22.9 Å². The van der Waals surface area contributed by atoms with E-state index in [-0.39, 0.29) is 28.6 Å². The average molecular weight is 381 g/mol. The Morgan fingerprint density at radius 1 is 0.929 bits per heavy atom. The lowest BCUT2D eigenvalue weighted by atomic mass is 10.1. The van der Waals surface area contributed by atoms with Crippen LogP contribution < -0.4 is 0 Å². The van der Waals surface area contributed by atoms with Gasteiger partial charge in [-0.25, -0.2) is 0 Å². The number of hydrogen-bond acceptors (Lipinski definition) is 5. The molecule has 0 fully saturated rings. The molecule has 0 saturated heterocycles. The van der Waals surface area contributed by atoms with E-state index in [4.69, 9.17) is 0 Å². The zero-order chi connectivity index (χ0) is 20.3. The van der Waals surface area contributed by atoms with Crippen LogP contribution in [0.3, 0.4) is 0 Å². The number of benzene rings is 2. The number of aromatic nitrogens is 1. The van der Waals surface area contributed by atoms with Crippen molar-refractivity contribution in [1.82, 2.24) is 4.57 Å². The van der Waals surface area contributed by atoms with Gasteiger partial charge in [0.05, 0.1) is 5.56 Å². The van der Waals surface area contributed by atoms with E-state index in [1.165, 1.54) is 34.9 Å². The highest BCUT2D eigenvalue weighted by Crippen LogP contribution is 2.37. The number of carbonyl (C=O) groups is 2. The van der Waals surface area contributed by atoms with Crippen molar-refractivity contribution in [3.63, 3.8) is 0 Å². The number of carbonyl (C=O) groups excluding carboxylic acids is 2. The minimum Gasteiger partial charge on any atom is -0.507 e. The number of rotatable bonds is 5. The Hall–Kier alpha value is -3.68. The van der Waals surface area contributed by atoms with Gasteiger partial charge < -0.3 is 15.3 Å². The smallest absolute Gasteiger partial charge is 0.299 e. The highest BCUT2D eigenvalue weighted by molar-refractivity contribution is 6.03. The van der Waals surface area contributed by atoms with Crippen LogP contribution in [0.1, 0.15) is 40.5 Å². The molecule has 0 aliphatic rings. The lowest BCUT2D eigenvalue weighted by Gasteiger charge is -2.04. The van der Waals surface area contributed by atoms with E-state index >= 15 is 0 Å². The summed E-state index contributed by atoms with van der Waals surface area (Å²) < 4.78 is 1.38. The van der Waals surface area contributed by atoms with Crippen LogP contribution in [0.4, 0.5) is 0 Å². The fraction of sp³-hybridized carbons (Fsp3) is 0.200. The van der Waals surface area contributed by atoms with Crippen LogP contribution in [0.5, 0.6) is 17.5 Å². The molecule has 3 rings (SSSR count). The van der Waals surface area contributed by atoms with Gasteiger partial charge in [0.25, 0.3) is 11.8 Å². The summed E-state index contributed by atoms with van der Waals surface area (Å²) in [5.74, 6) is -2.10. The first-order valence-corrected chi connectivity index (χ1v) is 8.76. The zero-order valence-corrected chi connectivity index (χ0v) is 15.2. The molecule has 3 N–H and O–H groups in total. The van der Waals surface area contributed by atoms with E-state index in [9.17, 15) is 24.9 Å². The molecule has 2 aromatic carbocycles. The fourth-order valence-electron chi connectivity index (χ4n) is 2.83. The Balaban J connectivity index is 1.87. The predicted octanol–water partition coefficient (Wildman–Crippen LogP) is 3.99. The van der Waals surface area contributed by atoms with Crippen molar-refractivity contribution in [3.8, 4) is 17.5 Å². The van der Waals surface area contributed by atoms with Gasteiger partial charge in [-0.1, -0.05) is 25.5 Å². The third kappa shape index (κ3) is 3.57. The molecule has 0 unspecified atom stereocenters. The lowest BCUT2D eigenvalue weighted by Crippen LogP contribution is -1.98. The summed E-state index contributed by atoms with van der Waals surface area (Å²) in [5.41, 5.74) is 0.0364. The molecule has 0 aliphatic carbocycles. The Labute approximate surface area is 160 Å². The average Bonchev–Trinajstić information content (AvgIpc) is 2.94. The molecule has 0 radical (unpaired) electrons. The molecule has 0 saturated carbocycles. The van der Waals surface area contributed by atoms with Crippen LogP contribution in [0, 0.1) is 0 Å². The number of hydrogen-bond donors (Lipinski definition) is 3. The third-order valence-corrected chi connectivity index (χ3v) is 4.36. The van der Waals surface area contributed by atoms with Crippen LogP contribution in [-0.4, -0.2) is 31.7 Å². The van der Waals surface area contributed by atoms with Crippen molar-refractivity contribution >= 4 is 22.6 Å². The predicted molar refractivity (Wildman–Crippen MR) is 102 cm³/mol. The van der Waals surface area contributed by atoms with E-state index in [0.29, 0.717) is 17.3 Å². The van der Waals surface area contributed by atoms with Gasteiger partial charge >= 0.3 is 0 Å². The second-order valence-electron chi connectivity index (χ2n) is 6.24. The second kappa shape index (κ2) is 7.91. The van der Waals surface area contributed by atoms with Gasteiger partial charge in [0.15, 0.2) is 0 Å². The molecule has 3 aromatic rings. The van der Waals surface area contributed by atoms with E-state index in [0.717, 1.165) is 12.8 Å². The van der Waals surface area contributed by atoms with Crippen molar-refractivity contribution < 1.29 is 24.9 Å². The van der Waals surface area contributed by atoms with Gasteiger partial charge in [-0.15, -0.1) is 10.2 Å². The summed E-state index contributed by atoms with van der Waals surface area (Å²) in [6, 6.07) is 10.1. The number of azo groups is 1. The minimum atomic E-state index is -0.848. The number of para-hydroxylation sites is 1. The maximum atomic E-state index is 12.3. The van der Waals surface area contributed by atoms with Crippen LogP contribution >= 0.6 is 0 Å². The molecular formula is C20H19N3O5. The molecular weight excluding hydrogens is 362 g/mol. The zero-order valence-electron chi connectivity index (χ0n) is 15.2. The number of phenols is 1. The first-order chi connectivity index (χ1) is 13.4. The number of phenolic OH excluding ortho intramolecular Hbond substituents is 1. The van der Waals surface area contributed by atoms with Gasteiger partial charge in [0.2, 0.25) is 11.8 Å². The first-order valence-electron chi connectivity index (χ1n) is 8.76. The summed E-state index contributed by atoms with van der Waals surface area (Å²) in [7, 11) is 0. The van der Waals surface area contributed by atoms with E-state index < -0.39 is 11.8 Å². The first kappa shape index (κ1) is 19.1. The molecule has 0 bridgehead atoms. The molecule has 1 heterocycles. The highest BCUT2D eigenvalue weighted by atomic mass is 16.3. The van der Waals surface area contributed by atoms with Crippen LogP contribution in [0.25, 0.3) is 10.8 Å². The molecule has 28 heavy (non-hydrogen) atoms. The van der Waals surface area contributed by atoms with Crippen molar-refractivity contribution in [1.29, 1.82) is 0 Å². The summed E-state index contributed by atoms with van der Waals surface area (Å²) in [5, 5.41) is 37.7. The lowest BCUT2D eigenvalue weighted by molar-refractivity contribution is 0.0945. The van der Waals surface area contributed by atoms with E-state index in [2.05, 4.69) is 10.2 Å². The molecule has 2 amide bonds. The number of amides is 2. The van der Waals surface area contributed by atoms with Crippen LogP contribution in [-0.2, 0) is 6.54 Å². The molecule has 8 nitrogen and oxygen atoms in total. The number of unbranched alkanes of at least 4 members (excludes halogenated alkanes) is 1. The van der Waals surface area contributed by atoms with Crippen LogP contribution in [0.15, 0.2) is 52.7 Å². The summed E-state index contributed by atoms with van der Waals surface area (Å²) in [6.45, 7) is 2.44. The molecule has 144 valence electrons. The maximum absolute atomic E-state index is 12.3. The Morgan fingerprint density at radius 2 is 1.61 bits per heavy atom. The summed E-state index contributed by atoms with van der Waals surface area (Å²) >= 11 is 0. The summed E-state index contributed by atoms with van der Waals surface area (Å²) in [6.07, 6.45) is 1.67. The van der Waals surface area contributed by atoms with Crippen molar-refractivity contribution in [2.45, 2.75) is 26.3 Å². The molecule has 0 atom stereocenters. The Morgan fingerprint density at radius 3 is 2.32 bits per heavy atom. The summed E-state index contributed by atoms with van der Waals surface area (Å²) in [4.78, 5) is 24.2. The Kier molecular flexibility index (Phi) is 5.39. The van der Waals surface area contributed by atoms with Gasteiger partial charge in [-0.2, -0.15) is 0 Å². The quantitative estimate of drug-likeness (QED) is 0.576. The minimum absolute atomic E-state index is 0.0648. The maximum Gasteiger partial charge on any atom is 0.299 e. The molecule has 8 heteroatoms. The largest absolute Gasteiger partial charge is 0.507 e. The van der Waals surface area contributed by atoms with Gasteiger partial charge in [-0.3, -0.25) is 14.2 Å². The number of aromatic hydroxyl groups is 3. The standard InChI is InChI=1S/C20H19N3O5/c1-2-3-10-23-19(27)13-9-8-12(11-15(13)20(23)28)17(25)21-22-18(26)14-6-4-5-7-16(14)24/h4-9,11,24,27-28H,2-3,10H2,1H3. The van der Waals surface area contributed by atoms with Crippen molar-refractivity contribution in [2.75, 3.05) is 0 Å². The molecule has 0 aliphatic heterocycles. The van der Waals surface area contributed by atoms with Gasteiger partial charge in [-0.05, 0) is 36.8 Å². The van der Waals surface area contributed by atoms with Crippen LogP contribution in [0.2, 0.25) is 0 Å². The number of nitrogens with zero attached hydrogens (tertiary/aromatic N) is 3. The Bertz CT molecular complexity index is 1080. The highest BCUT2D eigenvalue weighted by Gasteiger charge is 2.18. The van der Waals surface area contributed by atoms with Crippen molar-refractivity contribution in [3.05, 3.63) is 53.6 Å². The second-order valence-corrected chi connectivity index (χ2v) is 6.24. The van der Waals surface area contributed by atoms with E-state index in [1.54, 1.807) is 12.1 Å². The molecule has 0 spiro atoms. The molecule has 1 aromatic heterocycles. The topological polar surface area (TPSA) is 124 Å². The number of fused-ring (bicyclic) bond motifs is 1. The SMILES string of the molecule is CCCCn1c(O)c2ccc(C(=O)N=NC(=O)c3ccccc3O)cc2c1O. The van der Waals surface area contributed by atoms with E-state index in [1.807, 2.05) is 6.92 Å². The van der Waals surface area contributed by atoms with Gasteiger partial charge in [0.1, 0.15) is 5.75 Å². The fourth-order valence-corrected chi connectivity index (χ4v) is 2.83. The third-order valence-electron chi connectivity index (χ3n) is 4.36. The monoisotopic (exact) mass is 381 g/mol. The normalized spacial score (nSPS) is 11.3. The van der Waals surface area contributed by atoms with Crippen molar-refractivity contribution in [2.24, 2.45) is 10.2 Å².